The number of allylic oxidation sites excluding steroid dienone is 3. The van der Waals surface area contributed by atoms with Crippen molar-refractivity contribution in [3.05, 3.63) is 24.3 Å². The molecule has 0 aromatic rings. The van der Waals surface area contributed by atoms with Crippen LogP contribution in [0.5, 0.6) is 0 Å². The van der Waals surface area contributed by atoms with Crippen LogP contribution in [0.3, 0.4) is 0 Å². The van der Waals surface area contributed by atoms with Crippen LogP contribution in [0.25, 0.3) is 0 Å². The van der Waals surface area contributed by atoms with Crippen molar-refractivity contribution in [2.24, 2.45) is 0 Å². The van der Waals surface area contributed by atoms with Gasteiger partial charge in [-0.1, -0.05) is 160 Å². The third-order valence-corrected chi connectivity index (χ3v) is 7.69. The van der Waals surface area contributed by atoms with E-state index in [0.717, 1.165) is 32.1 Å². The first-order valence-corrected chi connectivity index (χ1v) is 17.1. The summed E-state index contributed by atoms with van der Waals surface area (Å²) in [7, 11) is 0. The van der Waals surface area contributed by atoms with E-state index < -0.39 is 12.1 Å². The third-order valence-electron chi connectivity index (χ3n) is 7.69. The molecule has 0 aromatic heterocycles. The molecule has 0 saturated carbocycles. The number of amides is 1. The van der Waals surface area contributed by atoms with Crippen molar-refractivity contribution in [2.75, 3.05) is 6.61 Å². The molecule has 0 aliphatic carbocycles. The Kier molecular flexibility index (Phi) is 30.5. The zero-order valence-electron chi connectivity index (χ0n) is 26.2. The van der Waals surface area contributed by atoms with Crippen molar-refractivity contribution in [2.45, 2.75) is 187 Å². The van der Waals surface area contributed by atoms with E-state index in [1.54, 1.807) is 6.08 Å². The molecule has 2 atom stereocenters. The fourth-order valence-electron chi connectivity index (χ4n) is 5.02. The monoisotopic (exact) mass is 550 g/mol. The van der Waals surface area contributed by atoms with Crippen LogP contribution in [0.2, 0.25) is 0 Å². The number of aliphatic hydroxyl groups is 2. The Balaban J connectivity index is 3.68. The van der Waals surface area contributed by atoms with Gasteiger partial charge in [-0.15, -0.1) is 0 Å². The quantitative estimate of drug-likeness (QED) is 0.0617. The highest BCUT2D eigenvalue weighted by molar-refractivity contribution is 5.76. The summed E-state index contributed by atoms with van der Waals surface area (Å²) in [6.45, 7) is 4.27. The number of aliphatic hydroxyl groups excluding tert-OH is 2. The van der Waals surface area contributed by atoms with E-state index in [1.165, 1.54) is 122 Å². The molecule has 0 unspecified atom stereocenters. The lowest BCUT2D eigenvalue weighted by Gasteiger charge is -2.19. The molecule has 0 radical (unpaired) electrons. The lowest BCUT2D eigenvalue weighted by Crippen LogP contribution is -2.45. The average Bonchev–Trinajstić information content (AvgIpc) is 2.94. The maximum absolute atomic E-state index is 12.3. The zero-order chi connectivity index (χ0) is 28.7. The molecule has 0 bridgehead atoms. The first kappa shape index (κ1) is 37.9. The lowest BCUT2D eigenvalue weighted by molar-refractivity contribution is -0.123. The Hall–Kier alpha value is -1.13. The van der Waals surface area contributed by atoms with Crippen molar-refractivity contribution in [3.8, 4) is 0 Å². The first-order chi connectivity index (χ1) is 19.2. The van der Waals surface area contributed by atoms with E-state index in [0.29, 0.717) is 6.42 Å². The lowest BCUT2D eigenvalue weighted by atomic mass is 10.0. The number of unbranched alkanes of at least 4 members (excludes halogenated alkanes) is 21. The van der Waals surface area contributed by atoms with Crippen LogP contribution in [0.4, 0.5) is 0 Å². The van der Waals surface area contributed by atoms with E-state index >= 15 is 0 Å². The highest BCUT2D eigenvalue weighted by Crippen LogP contribution is 2.14. The molecule has 0 aliphatic rings. The van der Waals surface area contributed by atoms with Gasteiger partial charge in [-0.3, -0.25) is 4.79 Å². The van der Waals surface area contributed by atoms with Gasteiger partial charge in [-0.05, 0) is 32.1 Å². The SMILES string of the molecule is CCCCCCCCC/C=C/CC/C=C/[C@@H](O)[C@H](CO)NC(=O)CCCCCCCCCCCCCCCC. The first-order valence-electron chi connectivity index (χ1n) is 17.1. The van der Waals surface area contributed by atoms with Crippen LogP contribution in [-0.2, 0) is 4.79 Å². The second-order valence-corrected chi connectivity index (χ2v) is 11.6. The topological polar surface area (TPSA) is 69.6 Å². The minimum Gasteiger partial charge on any atom is -0.394 e. The summed E-state index contributed by atoms with van der Waals surface area (Å²) < 4.78 is 0. The van der Waals surface area contributed by atoms with Crippen molar-refractivity contribution < 1.29 is 15.0 Å². The minimum atomic E-state index is -0.855. The summed E-state index contributed by atoms with van der Waals surface area (Å²) in [5, 5.41) is 22.8. The van der Waals surface area contributed by atoms with Crippen LogP contribution in [0, 0.1) is 0 Å². The summed E-state index contributed by atoms with van der Waals surface area (Å²) in [5.41, 5.74) is 0. The van der Waals surface area contributed by atoms with Crippen molar-refractivity contribution in [1.29, 1.82) is 0 Å². The van der Waals surface area contributed by atoms with Gasteiger partial charge in [0.25, 0.3) is 0 Å². The van der Waals surface area contributed by atoms with E-state index in [9.17, 15) is 15.0 Å². The Morgan fingerprint density at radius 3 is 1.49 bits per heavy atom. The molecular formula is C35H67NO3. The third kappa shape index (κ3) is 28.2. The number of carbonyl (C=O) groups excluding carboxylic acids is 1. The molecule has 1 amide bonds. The molecule has 4 nitrogen and oxygen atoms in total. The van der Waals surface area contributed by atoms with Crippen LogP contribution in [0.15, 0.2) is 24.3 Å². The Labute approximate surface area is 243 Å². The highest BCUT2D eigenvalue weighted by Gasteiger charge is 2.17. The van der Waals surface area contributed by atoms with Gasteiger partial charge >= 0.3 is 0 Å². The number of rotatable bonds is 30. The number of nitrogens with one attached hydrogen (secondary N) is 1. The van der Waals surface area contributed by atoms with Crippen LogP contribution >= 0.6 is 0 Å². The molecule has 230 valence electrons. The van der Waals surface area contributed by atoms with Gasteiger partial charge in [-0.2, -0.15) is 0 Å². The molecule has 0 saturated heterocycles. The predicted molar refractivity (Wildman–Crippen MR) is 170 cm³/mol. The highest BCUT2D eigenvalue weighted by atomic mass is 16.3. The predicted octanol–water partition coefficient (Wildman–Crippen LogP) is 9.73. The normalized spacial score (nSPS) is 13.4. The van der Waals surface area contributed by atoms with Crippen molar-refractivity contribution in [1.82, 2.24) is 5.32 Å². The van der Waals surface area contributed by atoms with Crippen LogP contribution in [0.1, 0.15) is 174 Å². The maximum atomic E-state index is 12.3. The zero-order valence-corrected chi connectivity index (χ0v) is 26.2. The van der Waals surface area contributed by atoms with Gasteiger partial charge in [-0.25, -0.2) is 0 Å². The molecule has 39 heavy (non-hydrogen) atoms. The molecule has 0 aromatic carbocycles. The minimum absolute atomic E-state index is 0.0752. The maximum Gasteiger partial charge on any atom is 0.220 e. The Bertz CT molecular complexity index is 560. The van der Waals surface area contributed by atoms with E-state index in [1.807, 2.05) is 6.08 Å². The van der Waals surface area contributed by atoms with Crippen LogP contribution < -0.4 is 5.32 Å². The second kappa shape index (κ2) is 31.4. The smallest absolute Gasteiger partial charge is 0.220 e. The van der Waals surface area contributed by atoms with Gasteiger partial charge in [0.05, 0.1) is 18.8 Å². The average molecular weight is 550 g/mol. The summed E-state index contributed by atoms with van der Waals surface area (Å²) in [4.78, 5) is 12.3. The second-order valence-electron chi connectivity index (χ2n) is 11.6. The van der Waals surface area contributed by atoms with E-state index in [2.05, 4.69) is 31.3 Å². The number of carbonyl (C=O) groups is 1. The summed E-state index contributed by atoms with van der Waals surface area (Å²) in [5.74, 6) is -0.0752. The van der Waals surface area contributed by atoms with Gasteiger partial charge in [0.2, 0.25) is 5.91 Å². The van der Waals surface area contributed by atoms with Crippen molar-refractivity contribution >= 4 is 5.91 Å². The molecule has 0 heterocycles. The Morgan fingerprint density at radius 1 is 0.590 bits per heavy atom. The van der Waals surface area contributed by atoms with Crippen LogP contribution in [-0.4, -0.2) is 34.9 Å². The van der Waals surface area contributed by atoms with Gasteiger partial charge in [0.1, 0.15) is 0 Å². The fraction of sp³-hybridized carbons (Fsp3) is 0.857. The van der Waals surface area contributed by atoms with Gasteiger partial charge < -0.3 is 15.5 Å². The fourth-order valence-corrected chi connectivity index (χ4v) is 5.02. The number of hydrogen-bond acceptors (Lipinski definition) is 3. The molecule has 3 N–H and O–H groups in total. The van der Waals surface area contributed by atoms with Crippen molar-refractivity contribution in [3.63, 3.8) is 0 Å². The molecule has 0 fully saturated rings. The molecule has 0 aliphatic heterocycles. The molecule has 0 rings (SSSR count). The van der Waals surface area contributed by atoms with E-state index in [-0.39, 0.29) is 12.5 Å². The molecule has 0 spiro atoms. The standard InChI is InChI=1S/C35H67NO3/c1-3-5-7-9-11-13-15-17-19-21-23-25-27-29-31-35(39)36-33(32-37)34(38)30-28-26-24-22-20-18-16-14-12-10-8-6-4-2/h20,22,28,30,33-34,37-38H,3-19,21,23-27,29,31-32H2,1-2H3,(H,36,39)/b22-20+,30-28+/t33-,34+/m0/s1. The largest absolute Gasteiger partial charge is 0.394 e. The molecular weight excluding hydrogens is 482 g/mol. The van der Waals surface area contributed by atoms with E-state index in [4.69, 9.17) is 0 Å². The number of hydrogen-bond donors (Lipinski definition) is 3. The summed E-state index contributed by atoms with van der Waals surface area (Å²) in [6.07, 6.45) is 38.2. The summed E-state index contributed by atoms with van der Waals surface area (Å²) in [6, 6.07) is -0.631. The van der Waals surface area contributed by atoms with Gasteiger partial charge in [0.15, 0.2) is 0 Å². The molecule has 4 heteroatoms. The Morgan fingerprint density at radius 2 is 1.00 bits per heavy atom. The van der Waals surface area contributed by atoms with Gasteiger partial charge in [0, 0.05) is 6.42 Å². The summed E-state index contributed by atoms with van der Waals surface area (Å²) >= 11 is 0.